The number of nitrogens with zero attached hydrogens (tertiary/aromatic N) is 2. The molecule has 1 aromatic heterocycles. The lowest BCUT2D eigenvalue weighted by atomic mass is 10.3. The Balaban J connectivity index is 2.13. The number of halogens is 2. The van der Waals surface area contributed by atoms with E-state index >= 15 is 0 Å². The van der Waals surface area contributed by atoms with Crippen LogP contribution in [0.5, 0.6) is 5.75 Å². The van der Waals surface area contributed by atoms with E-state index in [1.807, 2.05) is 14.0 Å². The first kappa shape index (κ1) is 12.9. The summed E-state index contributed by atoms with van der Waals surface area (Å²) in [7, 11) is 1.81. The van der Waals surface area contributed by atoms with Crippen LogP contribution in [0.2, 0.25) is 5.02 Å². The summed E-state index contributed by atoms with van der Waals surface area (Å²) in [4.78, 5) is 0. The van der Waals surface area contributed by atoms with E-state index in [4.69, 9.17) is 16.3 Å². The van der Waals surface area contributed by atoms with Gasteiger partial charge in [0.15, 0.2) is 0 Å². The van der Waals surface area contributed by atoms with Crippen LogP contribution in [0.15, 0.2) is 24.3 Å². The summed E-state index contributed by atoms with van der Waals surface area (Å²) in [6.07, 6.45) is 0.770. The monoisotopic (exact) mass is 268 g/mol. The number of aryl methyl sites for hydroxylation is 2. The smallest absolute Gasteiger partial charge is 0.131 e. The van der Waals surface area contributed by atoms with Crippen LogP contribution in [0.4, 0.5) is 4.39 Å². The molecule has 0 unspecified atom stereocenters. The summed E-state index contributed by atoms with van der Waals surface area (Å²) >= 11 is 6.19. The zero-order chi connectivity index (χ0) is 13.1. The standard InChI is InChI=1S/C13H14ClFN2O/c1-3-11-13(14)12(17(2)16-11)8-18-10-6-4-5-9(15)7-10/h4-7H,3,8H2,1-2H3. The molecule has 0 bridgehead atoms. The molecule has 96 valence electrons. The largest absolute Gasteiger partial charge is 0.487 e. The molecule has 0 amide bonds. The van der Waals surface area contributed by atoms with E-state index in [0.717, 1.165) is 17.8 Å². The quantitative estimate of drug-likeness (QED) is 0.850. The molecule has 0 spiro atoms. The molecule has 3 nitrogen and oxygen atoms in total. The fourth-order valence-corrected chi connectivity index (χ4v) is 2.03. The zero-order valence-corrected chi connectivity index (χ0v) is 11.0. The van der Waals surface area contributed by atoms with Crippen molar-refractivity contribution >= 4 is 11.6 Å². The minimum Gasteiger partial charge on any atom is -0.487 e. The van der Waals surface area contributed by atoms with Crippen LogP contribution in [0, 0.1) is 5.82 Å². The Morgan fingerprint density at radius 2 is 2.22 bits per heavy atom. The Kier molecular flexibility index (Phi) is 3.87. The van der Waals surface area contributed by atoms with Gasteiger partial charge in [0.05, 0.1) is 16.4 Å². The van der Waals surface area contributed by atoms with Gasteiger partial charge in [-0.2, -0.15) is 5.10 Å². The highest BCUT2D eigenvalue weighted by molar-refractivity contribution is 6.31. The van der Waals surface area contributed by atoms with Gasteiger partial charge in [-0.25, -0.2) is 4.39 Å². The second-order valence-electron chi connectivity index (χ2n) is 3.93. The predicted molar refractivity (Wildman–Crippen MR) is 68.3 cm³/mol. The van der Waals surface area contributed by atoms with Gasteiger partial charge in [-0.3, -0.25) is 4.68 Å². The van der Waals surface area contributed by atoms with Crippen molar-refractivity contribution in [2.24, 2.45) is 7.05 Å². The third-order valence-corrected chi connectivity index (χ3v) is 3.11. The molecule has 2 rings (SSSR count). The number of aromatic nitrogens is 2. The first-order valence-corrected chi connectivity index (χ1v) is 6.08. The molecule has 18 heavy (non-hydrogen) atoms. The summed E-state index contributed by atoms with van der Waals surface area (Å²) in [6.45, 7) is 2.26. The van der Waals surface area contributed by atoms with Gasteiger partial charge in [0.2, 0.25) is 0 Å². The second kappa shape index (κ2) is 5.40. The maximum absolute atomic E-state index is 13.0. The van der Waals surface area contributed by atoms with Crippen molar-refractivity contribution in [3.63, 3.8) is 0 Å². The summed E-state index contributed by atoms with van der Waals surface area (Å²) in [5, 5.41) is 4.91. The number of hydrogen-bond acceptors (Lipinski definition) is 2. The van der Waals surface area contributed by atoms with Gasteiger partial charge in [-0.1, -0.05) is 24.6 Å². The minimum atomic E-state index is -0.321. The van der Waals surface area contributed by atoms with E-state index in [1.54, 1.807) is 16.8 Å². The van der Waals surface area contributed by atoms with Gasteiger partial charge in [-0.15, -0.1) is 0 Å². The van der Waals surface area contributed by atoms with E-state index in [1.165, 1.54) is 12.1 Å². The van der Waals surface area contributed by atoms with Crippen LogP contribution in [-0.2, 0) is 20.1 Å². The van der Waals surface area contributed by atoms with E-state index in [-0.39, 0.29) is 12.4 Å². The molecule has 2 aromatic rings. The van der Waals surface area contributed by atoms with Gasteiger partial charge in [0.25, 0.3) is 0 Å². The Morgan fingerprint density at radius 3 is 2.83 bits per heavy atom. The van der Waals surface area contributed by atoms with Crippen LogP contribution < -0.4 is 4.74 Å². The van der Waals surface area contributed by atoms with Gasteiger partial charge in [-0.05, 0) is 18.6 Å². The molecule has 0 aliphatic carbocycles. The number of benzene rings is 1. The van der Waals surface area contributed by atoms with Crippen LogP contribution in [0.3, 0.4) is 0 Å². The van der Waals surface area contributed by atoms with Crippen molar-refractivity contribution in [1.82, 2.24) is 9.78 Å². The first-order valence-electron chi connectivity index (χ1n) is 5.70. The number of hydrogen-bond donors (Lipinski definition) is 0. The van der Waals surface area contributed by atoms with Crippen molar-refractivity contribution in [1.29, 1.82) is 0 Å². The molecule has 0 atom stereocenters. The van der Waals surface area contributed by atoms with Crippen LogP contribution in [0.1, 0.15) is 18.3 Å². The van der Waals surface area contributed by atoms with Crippen molar-refractivity contribution in [2.75, 3.05) is 0 Å². The SMILES string of the molecule is CCc1nn(C)c(COc2cccc(F)c2)c1Cl. The van der Waals surface area contributed by atoms with Gasteiger partial charge in [0.1, 0.15) is 18.2 Å². The molecule has 1 aromatic carbocycles. The van der Waals surface area contributed by atoms with Crippen molar-refractivity contribution < 1.29 is 9.13 Å². The minimum absolute atomic E-state index is 0.270. The predicted octanol–water partition coefficient (Wildman–Crippen LogP) is 3.35. The molecular formula is C13H14ClFN2O. The van der Waals surface area contributed by atoms with E-state index in [0.29, 0.717) is 10.8 Å². The Bertz CT molecular complexity index is 554. The third kappa shape index (κ3) is 2.64. The van der Waals surface area contributed by atoms with Gasteiger partial charge < -0.3 is 4.74 Å². The molecule has 0 saturated carbocycles. The highest BCUT2D eigenvalue weighted by Gasteiger charge is 2.13. The molecule has 0 fully saturated rings. The number of ether oxygens (including phenoxy) is 1. The van der Waals surface area contributed by atoms with Gasteiger partial charge in [0, 0.05) is 13.1 Å². The van der Waals surface area contributed by atoms with E-state index in [9.17, 15) is 4.39 Å². The van der Waals surface area contributed by atoms with Crippen LogP contribution in [-0.4, -0.2) is 9.78 Å². The van der Waals surface area contributed by atoms with Crippen molar-refractivity contribution in [3.05, 3.63) is 46.5 Å². The average molecular weight is 269 g/mol. The lowest BCUT2D eigenvalue weighted by Gasteiger charge is -2.06. The highest BCUT2D eigenvalue weighted by Crippen LogP contribution is 2.22. The zero-order valence-electron chi connectivity index (χ0n) is 10.3. The summed E-state index contributed by atoms with van der Waals surface area (Å²) in [5.74, 6) is 0.156. The normalized spacial score (nSPS) is 10.7. The van der Waals surface area contributed by atoms with Crippen molar-refractivity contribution in [2.45, 2.75) is 20.0 Å². The molecule has 0 aliphatic heterocycles. The molecule has 0 saturated heterocycles. The fraction of sp³-hybridized carbons (Fsp3) is 0.308. The van der Waals surface area contributed by atoms with E-state index < -0.39 is 0 Å². The first-order chi connectivity index (χ1) is 8.61. The Hall–Kier alpha value is -1.55. The molecule has 0 N–H and O–H groups in total. The summed E-state index contributed by atoms with van der Waals surface area (Å²) < 4.78 is 20.2. The Morgan fingerprint density at radius 1 is 1.44 bits per heavy atom. The topological polar surface area (TPSA) is 27.1 Å². The van der Waals surface area contributed by atoms with E-state index in [2.05, 4.69) is 5.10 Å². The maximum Gasteiger partial charge on any atom is 0.131 e. The molecule has 0 radical (unpaired) electrons. The molecule has 0 aliphatic rings. The number of rotatable bonds is 4. The van der Waals surface area contributed by atoms with Gasteiger partial charge >= 0.3 is 0 Å². The average Bonchev–Trinajstić information content (AvgIpc) is 2.62. The summed E-state index contributed by atoms with van der Waals surface area (Å²) in [5.41, 5.74) is 1.63. The summed E-state index contributed by atoms with van der Waals surface area (Å²) in [6, 6.07) is 6.02. The maximum atomic E-state index is 13.0. The lowest BCUT2D eigenvalue weighted by molar-refractivity contribution is 0.293. The lowest BCUT2D eigenvalue weighted by Crippen LogP contribution is -2.03. The Labute approximate surface area is 110 Å². The van der Waals surface area contributed by atoms with Crippen LogP contribution in [0.25, 0.3) is 0 Å². The fourth-order valence-electron chi connectivity index (χ4n) is 1.69. The molecule has 5 heteroatoms. The third-order valence-electron chi connectivity index (χ3n) is 2.67. The second-order valence-corrected chi connectivity index (χ2v) is 4.31. The van der Waals surface area contributed by atoms with Crippen LogP contribution >= 0.6 is 11.6 Å². The highest BCUT2D eigenvalue weighted by atomic mass is 35.5. The van der Waals surface area contributed by atoms with Crippen molar-refractivity contribution in [3.8, 4) is 5.75 Å². The molecular weight excluding hydrogens is 255 g/mol. The molecule has 1 heterocycles.